The van der Waals surface area contributed by atoms with Gasteiger partial charge in [0.25, 0.3) is 5.56 Å². The predicted octanol–water partition coefficient (Wildman–Crippen LogP) is 3.19. The van der Waals surface area contributed by atoms with Gasteiger partial charge in [-0.05, 0) is 44.6 Å². The second-order valence-corrected chi connectivity index (χ2v) is 9.30. The van der Waals surface area contributed by atoms with E-state index in [0.717, 1.165) is 35.4 Å². The first-order valence-electron chi connectivity index (χ1n) is 9.84. The van der Waals surface area contributed by atoms with Crippen molar-refractivity contribution in [3.05, 3.63) is 62.0 Å². The second-order valence-electron chi connectivity index (χ2n) is 8.21. The Labute approximate surface area is 164 Å². The highest BCUT2D eigenvalue weighted by atomic mass is 32.1. The van der Waals surface area contributed by atoms with Crippen LogP contribution in [0, 0.1) is 12.8 Å². The van der Waals surface area contributed by atoms with Crippen LogP contribution in [0.5, 0.6) is 0 Å². The van der Waals surface area contributed by atoms with Crippen LogP contribution in [-0.4, -0.2) is 17.0 Å². The minimum absolute atomic E-state index is 0.0389. The molecule has 2 heterocycles. The fourth-order valence-corrected chi connectivity index (χ4v) is 5.38. The third kappa shape index (κ3) is 3.58. The summed E-state index contributed by atoms with van der Waals surface area (Å²) < 4.78 is 0. The number of aryl methyl sites for hydroxylation is 2. The molecule has 4 rings (SSSR count). The van der Waals surface area contributed by atoms with Gasteiger partial charge in [0.2, 0.25) is 0 Å². The number of aromatic nitrogens is 2. The number of fused-ring (bicyclic) bond motifs is 3. The van der Waals surface area contributed by atoms with E-state index in [-0.39, 0.29) is 11.6 Å². The number of hydrogen-bond donors (Lipinski definition) is 2. The minimum atomic E-state index is 0.0389. The van der Waals surface area contributed by atoms with Gasteiger partial charge in [0.1, 0.15) is 17.4 Å². The van der Waals surface area contributed by atoms with Gasteiger partial charge in [0.15, 0.2) is 5.82 Å². The van der Waals surface area contributed by atoms with E-state index in [1.807, 2.05) is 0 Å². The van der Waals surface area contributed by atoms with Crippen molar-refractivity contribution in [2.45, 2.75) is 52.6 Å². The number of quaternary nitrogens is 1. The molecule has 2 aromatic heterocycles. The Morgan fingerprint density at radius 3 is 2.81 bits per heavy atom. The average Bonchev–Trinajstić information content (AvgIpc) is 3.00. The number of aromatic amines is 1. The molecule has 0 fully saturated rings. The lowest BCUT2D eigenvalue weighted by Gasteiger charge is -2.21. The zero-order chi connectivity index (χ0) is 19.1. The molecule has 1 aromatic carbocycles. The molecule has 0 bridgehead atoms. The van der Waals surface area contributed by atoms with Crippen LogP contribution in [-0.2, 0) is 19.4 Å². The molecule has 4 nitrogen and oxygen atoms in total. The van der Waals surface area contributed by atoms with Crippen molar-refractivity contribution >= 4 is 21.6 Å². The Morgan fingerprint density at radius 1 is 1.33 bits per heavy atom. The maximum atomic E-state index is 12.8. The second kappa shape index (κ2) is 7.21. The van der Waals surface area contributed by atoms with Crippen LogP contribution in [0.2, 0.25) is 0 Å². The van der Waals surface area contributed by atoms with Gasteiger partial charge >= 0.3 is 0 Å². The van der Waals surface area contributed by atoms with Crippen molar-refractivity contribution in [2.24, 2.45) is 5.92 Å². The van der Waals surface area contributed by atoms with Crippen molar-refractivity contribution in [2.75, 3.05) is 7.05 Å². The van der Waals surface area contributed by atoms with Crippen molar-refractivity contribution in [3.63, 3.8) is 0 Å². The molecule has 0 saturated carbocycles. The van der Waals surface area contributed by atoms with E-state index < -0.39 is 0 Å². The Bertz CT molecular complexity index is 1020. The van der Waals surface area contributed by atoms with Gasteiger partial charge in [0.05, 0.1) is 12.4 Å². The number of nitrogens with one attached hydrogen (secondary N) is 2. The molecule has 0 radical (unpaired) electrons. The molecule has 1 aliphatic carbocycles. The minimum Gasteiger partial charge on any atom is -0.325 e. The summed E-state index contributed by atoms with van der Waals surface area (Å²) in [6.45, 7) is 7.45. The van der Waals surface area contributed by atoms with E-state index in [0.29, 0.717) is 5.92 Å². The molecule has 3 atom stereocenters. The quantitative estimate of drug-likeness (QED) is 0.728. The third-order valence-corrected chi connectivity index (χ3v) is 7.08. The van der Waals surface area contributed by atoms with Crippen LogP contribution >= 0.6 is 11.3 Å². The van der Waals surface area contributed by atoms with Gasteiger partial charge in [-0.15, -0.1) is 11.3 Å². The Kier molecular flexibility index (Phi) is 4.91. The van der Waals surface area contributed by atoms with E-state index in [1.54, 1.807) is 11.3 Å². The topological polar surface area (TPSA) is 50.2 Å². The van der Waals surface area contributed by atoms with Gasteiger partial charge in [-0.25, -0.2) is 4.98 Å². The predicted molar refractivity (Wildman–Crippen MR) is 112 cm³/mol. The molecule has 5 heteroatoms. The summed E-state index contributed by atoms with van der Waals surface area (Å²) in [4.78, 5) is 24.4. The molecule has 3 aromatic rings. The standard InChI is InChI=1S/C22H27N3OS/c1-13-5-8-16(9-6-13)12-25(4)15(3)20-23-21(26)19-17-10-7-14(2)11-18(17)27-22(19)24-20/h5-6,8-9,14-15H,7,10-12H2,1-4H3,(H,23,24,26)/p+1/t14-,15-/m1/s1. The lowest BCUT2D eigenvalue weighted by molar-refractivity contribution is -0.924. The fraction of sp³-hybridized carbons (Fsp3) is 0.455. The van der Waals surface area contributed by atoms with Crippen LogP contribution in [0.4, 0.5) is 0 Å². The van der Waals surface area contributed by atoms with Gasteiger partial charge in [0, 0.05) is 10.4 Å². The smallest absolute Gasteiger partial charge is 0.260 e. The number of hydrogen-bond acceptors (Lipinski definition) is 3. The fourth-order valence-electron chi connectivity index (χ4n) is 3.98. The lowest BCUT2D eigenvalue weighted by Crippen LogP contribution is -3.07. The maximum absolute atomic E-state index is 12.8. The first kappa shape index (κ1) is 18.4. The van der Waals surface area contributed by atoms with Gasteiger partial charge < -0.3 is 9.88 Å². The largest absolute Gasteiger partial charge is 0.325 e. The molecule has 27 heavy (non-hydrogen) atoms. The normalized spacial score (nSPS) is 19.0. The Hall–Kier alpha value is -1.98. The number of thiophene rings is 1. The summed E-state index contributed by atoms with van der Waals surface area (Å²) in [6.07, 6.45) is 3.26. The summed E-state index contributed by atoms with van der Waals surface area (Å²) in [5.74, 6) is 1.50. The number of H-pyrrole nitrogens is 1. The van der Waals surface area contributed by atoms with Crippen LogP contribution in [0.1, 0.15) is 53.7 Å². The van der Waals surface area contributed by atoms with Crippen molar-refractivity contribution in [3.8, 4) is 0 Å². The van der Waals surface area contributed by atoms with Crippen LogP contribution < -0.4 is 10.5 Å². The van der Waals surface area contributed by atoms with E-state index >= 15 is 0 Å². The average molecular weight is 383 g/mol. The highest BCUT2D eigenvalue weighted by Crippen LogP contribution is 2.35. The summed E-state index contributed by atoms with van der Waals surface area (Å²) in [7, 11) is 2.16. The SMILES string of the molecule is Cc1ccc(C[NH+](C)[C@H](C)c2nc3sc4c(c3c(=O)[nH]2)CC[C@@H](C)C4)cc1. The molecule has 0 aliphatic heterocycles. The summed E-state index contributed by atoms with van der Waals surface area (Å²) >= 11 is 1.73. The highest BCUT2D eigenvalue weighted by molar-refractivity contribution is 7.18. The van der Waals surface area contributed by atoms with E-state index in [4.69, 9.17) is 4.98 Å². The van der Waals surface area contributed by atoms with Crippen LogP contribution in [0.3, 0.4) is 0 Å². The molecule has 142 valence electrons. The monoisotopic (exact) mass is 382 g/mol. The highest BCUT2D eigenvalue weighted by Gasteiger charge is 2.25. The van der Waals surface area contributed by atoms with Crippen molar-refractivity contribution < 1.29 is 4.90 Å². The molecule has 1 unspecified atom stereocenters. The molecular formula is C22H28N3OS+. The van der Waals surface area contributed by atoms with Crippen molar-refractivity contribution in [1.29, 1.82) is 0 Å². The van der Waals surface area contributed by atoms with Gasteiger partial charge in [-0.2, -0.15) is 0 Å². The summed E-state index contributed by atoms with van der Waals surface area (Å²) in [5, 5.41) is 0.842. The number of nitrogens with zero attached hydrogens (tertiary/aromatic N) is 1. The molecule has 0 spiro atoms. The molecular weight excluding hydrogens is 354 g/mol. The third-order valence-electron chi connectivity index (χ3n) is 5.94. The molecule has 0 amide bonds. The van der Waals surface area contributed by atoms with E-state index in [2.05, 4.69) is 57.1 Å². The molecule has 1 aliphatic rings. The summed E-state index contributed by atoms with van der Waals surface area (Å²) in [5.41, 5.74) is 3.87. The lowest BCUT2D eigenvalue weighted by atomic mass is 9.89. The Morgan fingerprint density at radius 2 is 2.07 bits per heavy atom. The zero-order valence-electron chi connectivity index (χ0n) is 16.6. The zero-order valence-corrected chi connectivity index (χ0v) is 17.4. The maximum Gasteiger partial charge on any atom is 0.260 e. The summed E-state index contributed by atoms with van der Waals surface area (Å²) in [6, 6.07) is 8.79. The number of benzene rings is 1. The molecule has 2 N–H and O–H groups in total. The Balaban J connectivity index is 1.63. The van der Waals surface area contributed by atoms with Crippen LogP contribution in [0.15, 0.2) is 29.1 Å². The molecule has 0 saturated heterocycles. The number of rotatable bonds is 4. The first-order valence-corrected chi connectivity index (χ1v) is 10.7. The van der Waals surface area contributed by atoms with E-state index in [9.17, 15) is 4.79 Å². The van der Waals surface area contributed by atoms with Gasteiger partial charge in [-0.1, -0.05) is 36.8 Å². The van der Waals surface area contributed by atoms with Crippen LogP contribution in [0.25, 0.3) is 10.2 Å². The van der Waals surface area contributed by atoms with Crippen molar-refractivity contribution in [1.82, 2.24) is 9.97 Å². The van der Waals surface area contributed by atoms with Gasteiger partial charge in [-0.3, -0.25) is 4.79 Å². The van der Waals surface area contributed by atoms with E-state index in [1.165, 1.54) is 32.9 Å². The first-order chi connectivity index (χ1) is 12.9.